The van der Waals surface area contributed by atoms with Crippen LogP contribution in [0.5, 0.6) is 5.75 Å². The molecule has 4 N–H and O–H groups in total. The highest BCUT2D eigenvalue weighted by Gasteiger charge is 2.13. The van der Waals surface area contributed by atoms with Crippen molar-refractivity contribution in [1.82, 2.24) is 10.3 Å². The number of rotatable bonds is 4. The molecule has 1 unspecified atom stereocenters. The monoisotopic (exact) mass is 298 g/mol. The summed E-state index contributed by atoms with van der Waals surface area (Å²) in [7, 11) is 0. The Labute approximate surface area is 123 Å². The molecule has 0 aliphatic heterocycles. The molecule has 1 aromatic carbocycles. The third kappa shape index (κ3) is 3.50. The van der Waals surface area contributed by atoms with E-state index in [1.54, 1.807) is 12.1 Å². The van der Waals surface area contributed by atoms with Gasteiger partial charge >= 0.3 is 0 Å². The summed E-state index contributed by atoms with van der Waals surface area (Å²) in [6.45, 7) is 4.41. The van der Waals surface area contributed by atoms with Crippen LogP contribution in [0.3, 0.4) is 0 Å². The molecule has 0 aliphatic rings. The fourth-order valence-electron chi connectivity index (χ4n) is 2.01. The van der Waals surface area contributed by atoms with Crippen molar-refractivity contribution in [2.24, 2.45) is 0 Å². The Morgan fingerprint density at radius 1 is 1.25 bits per heavy atom. The van der Waals surface area contributed by atoms with Crippen molar-refractivity contribution in [1.29, 1.82) is 0 Å². The molecule has 0 radical (unpaired) electrons. The van der Waals surface area contributed by atoms with Gasteiger partial charge in [-0.2, -0.15) is 0 Å². The second-order valence-electron chi connectivity index (χ2n) is 4.86. The lowest BCUT2D eigenvalue weighted by atomic mass is 10.0. The second-order valence-corrected chi connectivity index (χ2v) is 4.86. The Balaban J connectivity index is 0.00000200. The van der Waals surface area contributed by atoms with Crippen LogP contribution in [-0.2, 0) is 0 Å². The molecule has 2 rings (SSSR count). The van der Waals surface area contributed by atoms with Crippen molar-refractivity contribution in [3.05, 3.63) is 40.2 Å². The van der Waals surface area contributed by atoms with Crippen LogP contribution in [0.25, 0.3) is 10.9 Å². The van der Waals surface area contributed by atoms with Gasteiger partial charge in [-0.3, -0.25) is 4.79 Å². The van der Waals surface area contributed by atoms with Crippen molar-refractivity contribution in [2.75, 3.05) is 6.54 Å². The third-order valence-electron chi connectivity index (χ3n) is 2.99. The summed E-state index contributed by atoms with van der Waals surface area (Å²) in [5.74, 6) is 0.000434. The molecule has 0 bridgehead atoms. The lowest BCUT2D eigenvalue weighted by Crippen LogP contribution is -2.28. The number of pyridine rings is 1. The van der Waals surface area contributed by atoms with Gasteiger partial charge in [0.1, 0.15) is 5.75 Å². The number of aliphatic hydroxyl groups is 1. The van der Waals surface area contributed by atoms with Crippen LogP contribution >= 0.6 is 12.4 Å². The molecular formula is C14H19ClN2O3. The molecular weight excluding hydrogens is 280 g/mol. The summed E-state index contributed by atoms with van der Waals surface area (Å²) in [4.78, 5) is 13.9. The number of H-pyrrole nitrogens is 1. The lowest BCUT2D eigenvalue weighted by molar-refractivity contribution is 0.173. The molecule has 0 saturated carbocycles. The highest BCUT2D eigenvalue weighted by Crippen LogP contribution is 2.28. The first kappa shape index (κ1) is 16.5. The molecule has 5 nitrogen and oxygen atoms in total. The molecule has 110 valence electrons. The molecule has 1 aromatic heterocycles. The molecule has 20 heavy (non-hydrogen) atoms. The zero-order chi connectivity index (χ0) is 14.0. The zero-order valence-electron chi connectivity index (χ0n) is 11.4. The van der Waals surface area contributed by atoms with Crippen LogP contribution < -0.4 is 10.9 Å². The van der Waals surface area contributed by atoms with Crippen molar-refractivity contribution in [3.63, 3.8) is 0 Å². The first-order chi connectivity index (χ1) is 8.99. The highest BCUT2D eigenvalue weighted by molar-refractivity contribution is 5.87. The number of phenolic OH excluding ortho intramolecular Hbond substituents is 1. The normalized spacial score (nSPS) is 12.4. The van der Waals surface area contributed by atoms with Crippen LogP contribution in [-0.4, -0.2) is 27.8 Å². The van der Waals surface area contributed by atoms with Gasteiger partial charge in [-0.05, 0) is 17.7 Å². The number of phenols is 1. The molecule has 6 heteroatoms. The largest absolute Gasteiger partial charge is 0.506 e. The van der Waals surface area contributed by atoms with E-state index in [0.717, 1.165) is 0 Å². The van der Waals surface area contributed by atoms with Crippen molar-refractivity contribution >= 4 is 23.3 Å². The van der Waals surface area contributed by atoms with Crippen LogP contribution in [0, 0.1) is 0 Å². The minimum Gasteiger partial charge on any atom is -0.506 e. The molecule has 0 fully saturated rings. The van der Waals surface area contributed by atoms with E-state index in [4.69, 9.17) is 0 Å². The molecule has 0 saturated heterocycles. The van der Waals surface area contributed by atoms with Gasteiger partial charge in [0.2, 0.25) is 5.56 Å². The predicted molar refractivity (Wildman–Crippen MR) is 81.6 cm³/mol. The number of hydrogen-bond donors (Lipinski definition) is 4. The third-order valence-corrected chi connectivity index (χ3v) is 2.99. The summed E-state index contributed by atoms with van der Waals surface area (Å²) in [5, 5.41) is 23.7. The quantitative estimate of drug-likeness (QED) is 0.692. The average Bonchev–Trinajstić information content (AvgIpc) is 2.37. The van der Waals surface area contributed by atoms with Gasteiger partial charge in [-0.1, -0.05) is 19.9 Å². The number of hydrogen-bond acceptors (Lipinski definition) is 4. The number of halogens is 1. The van der Waals surface area contributed by atoms with Gasteiger partial charge in [-0.25, -0.2) is 0 Å². The van der Waals surface area contributed by atoms with E-state index in [1.165, 1.54) is 12.1 Å². The maximum absolute atomic E-state index is 11.3. The zero-order valence-corrected chi connectivity index (χ0v) is 12.2. The predicted octanol–water partition coefficient (Wildman–Crippen LogP) is 1.69. The van der Waals surface area contributed by atoms with E-state index < -0.39 is 6.10 Å². The Hall–Kier alpha value is -1.56. The van der Waals surface area contributed by atoms with E-state index in [-0.39, 0.29) is 29.8 Å². The van der Waals surface area contributed by atoms with Gasteiger partial charge < -0.3 is 20.5 Å². The van der Waals surface area contributed by atoms with Crippen molar-refractivity contribution in [3.8, 4) is 5.75 Å². The number of benzene rings is 1. The molecule has 2 aromatic rings. The first-order valence-corrected chi connectivity index (χ1v) is 6.25. The van der Waals surface area contributed by atoms with E-state index >= 15 is 0 Å². The lowest BCUT2D eigenvalue weighted by Gasteiger charge is -2.16. The van der Waals surface area contributed by atoms with Gasteiger partial charge in [0.25, 0.3) is 0 Å². The molecule has 1 atom stereocenters. The highest BCUT2D eigenvalue weighted by atomic mass is 35.5. The fourth-order valence-corrected chi connectivity index (χ4v) is 2.01. The van der Waals surface area contributed by atoms with Crippen LogP contribution in [0.1, 0.15) is 25.5 Å². The Morgan fingerprint density at radius 3 is 2.60 bits per heavy atom. The molecule has 0 spiro atoms. The smallest absolute Gasteiger partial charge is 0.248 e. The Bertz CT molecular complexity index is 640. The first-order valence-electron chi connectivity index (χ1n) is 6.25. The number of nitrogens with one attached hydrogen (secondary N) is 2. The SMILES string of the molecule is CC(C)NCC(O)c1ccc(O)c2[nH]c(=O)ccc12.Cl. The summed E-state index contributed by atoms with van der Waals surface area (Å²) in [6.07, 6.45) is -0.698. The second kappa shape index (κ2) is 6.74. The van der Waals surface area contributed by atoms with Gasteiger partial charge in [0.15, 0.2) is 0 Å². The Morgan fingerprint density at radius 2 is 1.95 bits per heavy atom. The summed E-state index contributed by atoms with van der Waals surface area (Å²) < 4.78 is 0. The minimum absolute atomic E-state index is 0. The number of aromatic amines is 1. The topological polar surface area (TPSA) is 85.3 Å². The van der Waals surface area contributed by atoms with Crippen molar-refractivity contribution < 1.29 is 10.2 Å². The van der Waals surface area contributed by atoms with E-state index in [9.17, 15) is 15.0 Å². The van der Waals surface area contributed by atoms with Crippen LogP contribution in [0.15, 0.2) is 29.1 Å². The minimum atomic E-state index is -0.698. The summed E-state index contributed by atoms with van der Waals surface area (Å²) in [6, 6.07) is 6.42. The molecule has 0 amide bonds. The van der Waals surface area contributed by atoms with Crippen LogP contribution in [0.2, 0.25) is 0 Å². The number of aromatic nitrogens is 1. The maximum Gasteiger partial charge on any atom is 0.248 e. The summed E-state index contributed by atoms with van der Waals surface area (Å²) >= 11 is 0. The number of fused-ring (bicyclic) bond motifs is 1. The van der Waals surface area contributed by atoms with Crippen LogP contribution in [0.4, 0.5) is 0 Å². The number of aromatic hydroxyl groups is 1. The fraction of sp³-hybridized carbons (Fsp3) is 0.357. The molecule has 0 aliphatic carbocycles. The Kier molecular flexibility index (Phi) is 5.56. The molecule has 1 heterocycles. The average molecular weight is 299 g/mol. The number of aliphatic hydroxyl groups excluding tert-OH is 1. The van der Waals surface area contributed by atoms with Gasteiger partial charge in [-0.15, -0.1) is 12.4 Å². The van der Waals surface area contributed by atoms with Gasteiger partial charge in [0, 0.05) is 24.0 Å². The van der Waals surface area contributed by atoms with E-state index in [1.807, 2.05) is 13.8 Å². The maximum atomic E-state index is 11.3. The van der Waals surface area contributed by atoms with E-state index in [2.05, 4.69) is 10.3 Å². The van der Waals surface area contributed by atoms with Gasteiger partial charge in [0.05, 0.1) is 11.6 Å². The summed E-state index contributed by atoms with van der Waals surface area (Å²) in [5.41, 5.74) is 0.751. The van der Waals surface area contributed by atoms with E-state index in [0.29, 0.717) is 23.0 Å². The standard InChI is InChI=1S/C14H18N2O3.ClH/c1-8(2)15-7-12(18)9-3-5-11(17)14-10(9)4-6-13(19)16-14;/h3-6,8,12,15,17-18H,7H2,1-2H3,(H,16,19);1H. The van der Waals surface area contributed by atoms with Crippen molar-refractivity contribution in [2.45, 2.75) is 26.0 Å².